The number of nitrogens with one attached hydrogen (secondary N) is 1. The van der Waals surface area contributed by atoms with Crippen LogP contribution in [-0.2, 0) is 16.6 Å². The molecule has 3 atom stereocenters. The van der Waals surface area contributed by atoms with E-state index in [2.05, 4.69) is 10.4 Å². The third kappa shape index (κ3) is 3.60. The van der Waals surface area contributed by atoms with Crippen molar-refractivity contribution in [1.82, 2.24) is 15.1 Å². The highest BCUT2D eigenvalue weighted by Gasteiger charge is 2.31. The molecule has 0 aliphatic carbocycles. The minimum absolute atomic E-state index is 0.0144. The molecular formula is C17H22N4O2. The quantitative estimate of drug-likeness (QED) is 0.842. The summed E-state index contributed by atoms with van der Waals surface area (Å²) in [4.78, 5) is 11.8. The number of nitrogens with two attached hydrogens (primary N) is 1. The molecule has 23 heavy (non-hydrogen) atoms. The predicted octanol–water partition coefficient (Wildman–Crippen LogP) is 1.31. The lowest BCUT2D eigenvalue weighted by Gasteiger charge is -2.21. The average Bonchev–Trinajstić information content (AvgIpc) is 3.17. The Kier molecular flexibility index (Phi) is 4.73. The summed E-state index contributed by atoms with van der Waals surface area (Å²) in [6, 6.07) is 9.07. The molecule has 6 heteroatoms. The van der Waals surface area contributed by atoms with Crippen molar-refractivity contribution in [2.24, 2.45) is 18.7 Å². The molecule has 1 amide bonds. The number of hydrogen-bond donors (Lipinski definition) is 2. The maximum atomic E-state index is 11.8. The van der Waals surface area contributed by atoms with Gasteiger partial charge in [-0.2, -0.15) is 5.10 Å². The number of amides is 1. The first kappa shape index (κ1) is 15.7. The molecular weight excluding hydrogens is 292 g/mol. The second-order valence-electron chi connectivity index (χ2n) is 5.94. The van der Waals surface area contributed by atoms with Crippen molar-refractivity contribution in [2.75, 3.05) is 13.2 Å². The van der Waals surface area contributed by atoms with E-state index < -0.39 is 6.04 Å². The highest BCUT2D eigenvalue weighted by Crippen LogP contribution is 2.34. The van der Waals surface area contributed by atoms with E-state index in [1.165, 1.54) is 0 Å². The Morgan fingerprint density at radius 3 is 2.91 bits per heavy atom. The van der Waals surface area contributed by atoms with Gasteiger partial charge in [0.15, 0.2) is 0 Å². The summed E-state index contributed by atoms with van der Waals surface area (Å²) < 4.78 is 7.63. The van der Waals surface area contributed by atoms with E-state index in [-0.39, 0.29) is 12.0 Å². The van der Waals surface area contributed by atoms with Crippen LogP contribution in [0, 0.1) is 5.92 Å². The summed E-state index contributed by atoms with van der Waals surface area (Å²) >= 11 is 0. The zero-order valence-corrected chi connectivity index (χ0v) is 13.2. The van der Waals surface area contributed by atoms with E-state index in [0.717, 1.165) is 24.2 Å². The molecule has 1 aromatic heterocycles. The maximum absolute atomic E-state index is 11.8. The number of carbonyl (C=O) groups excluding carboxylic acids is 1. The number of carbonyl (C=O) groups is 1. The van der Waals surface area contributed by atoms with E-state index in [1.807, 2.05) is 49.8 Å². The summed E-state index contributed by atoms with van der Waals surface area (Å²) in [5, 5.41) is 7.51. The summed E-state index contributed by atoms with van der Waals surface area (Å²) in [6.07, 6.45) is 4.78. The largest absolute Gasteiger partial charge is 0.373 e. The van der Waals surface area contributed by atoms with Gasteiger partial charge in [0.1, 0.15) is 6.04 Å². The van der Waals surface area contributed by atoms with Crippen LogP contribution in [0.5, 0.6) is 0 Å². The Bertz CT molecular complexity index is 656. The second kappa shape index (κ2) is 6.93. The first-order valence-corrected chi connectivity index (χ1v) is 7.83. The zero-order chi connectivity index (χ0) is 16.2. The normalized spacial score (nSPS) is 22.1. The van der Waals surface area contributed by atoms with Crippen LogP contribution in [0.25, 0.3) is 0 Å². The number of aromatic nitrogens is 2. The van der Waals surface area contributed by atoms with Gasteiger partial charge >= 0.3 is 0 Å². The van der Waals surface area contributed by atoms with Crippen LogP contribution >= 0.6 is 0 Å². The fourth-order valence-electron chi connectivity index (χ4n) is 3.10. The molecule has 1 aliphatic rings. The molecule has 0 unspecified atom stereocenters. The number of ether oxygens (including phenoxy) is 1. The number of hydrogen-bond acceptors (Lipinski definition) is 4. The first-order valence-electron chi connectivity index (χ1n) is 7.83. The van der Waals surface area contributed by atoms with Gasteiger partial charge in [0.25, 0.3) is 0 Å². The van der Waals surface area contributed by atoms with Crippen LogP contribution in [-0.4, -0.2) is 28.8 Å². The predicted molar refractivity (Wildman–Crippen MR) is 86.4 cm³/mol. The molecule has 2 aromatic rings. The molecule has 2 heterocycles. The standard InChI is InChI=1S/C17H22N4O2/c1-21-11-14(10-20-21)16-13(7-8-23-16)9-19-15(17(18)22)12-5-3-2-4-6-12/h2-6,10-11,13,15-16,19H,7-9H2,1H3,(H2,18,22)/t13-,15+,16-/m1/s1. The Hall–Kier alpha value is -2.18. The second-order valence-corrected chi connectivity index (χ2v) is 5.94. The highest BCUT2D eigenvalue weighted by molar-refractivity contribution is 5.81. The lowest BCUT2D eigenvalue weighted by atomic mass is 9.96. The van der Waals surface area contributed by atoms with Gasteiger partial charge in [-0.25, -0.2) is 0 Å². The number of primary amides is 1. The lowest BCUT2D eigenvalue weighted by molar-refractivity contribution is -0.120. The molecule has 122 valence electrons. The fourth-order valence-corrected chi connectivity index (χ4v) is 3.10. The molecule has 0 spiro atoms. The van der Waals surface area contributed by atoms with Crippen LogP contribution in [0.1, 0.15) is 29.7 Å². The fraction of sp³-hybridized carbons (Fsp3) is 0.412. The molecule has 1 fully saturated rings. The van der Waals surface area contributed by atoms with Crippen molar-refractivity contribution in [1.29, 1.82) is 0 Å². The van der Waals surface area contributed by atoms with Crippen LogP contribution in [0.4, 0.5) is 0 Å². The maximum Gasteiger partial charge on any atom is 0.239 e. The van der Waals surface area contributed by atoms with E-state index in [4.69, 9.17) is 10.5 Å². The minimum Gasteiger partial charge on any atom is -0.373 e. The van der Waals surface area contributed by atoms with Gasteiger partial charge in [0.2, 0.25) is 5.91 Å². The average molecular weight is 314 g/mol. The molecule has 3 rings (SSSR count). The van der Waals surface area contributed by atoms with Gasteiger partial charge in [-0.1, -0.05) is 30.3 Å². The minimum atomic E-state index is -0.480. The van der Waals surface area contributed by atoms with Crippen molar-refractivity contribution in [3.8, 4) is 0 Å². The molecule has 3 N–H and O–H groups in total. The van der Waals surface area contributed by atoms with Crippen molar-refractivity contribution in [3.05, 3.63) is 53.9 Å². The van der Waals surface area contributed by atoms with Crippen LogP contribution in [0.15, 0.2) is 42.7 Å². The van der Waals surface area contributed by atoms with Crippen molar-refractivity contribution in [3.63, 3.8) is 0 Å². The van der Waals surface area contributed by atoms with Gasteiger partial charge in [0.05, 0.1) is 12.3 Å². The van der Waals surface area contributed by atoms with Crippen molar-refractivity contribution in [2.45, 2.75) is 18.6 Å². The van der Waals surface area contributed by atoms with E-state index >= 15 is 0 Å². The summed E-state index contributed by atoms with van der Waals surface area (Å²) in [7, 11) is 1.89. The topological polar surface area (TPSA) is 82.2 Å². The highest BCUT2D eigenvalue weighted by atomic mass is 16.5. The molecule has 1 aromatic carbocycles. The zero-order valence-electron chi connectivity index (χ0n) is 13.2. The Morgan fingerprint density at radius 2 is 2.26 bits per heavy atom. The number of aryl methyl sites for hydroxylation is 1. The van der Waals surface area contributed by atoms with Gasteiger partial charge in [-0.05, 0) is 12.0 Å². The Morgan fingerprint density at radius 1 is 1.48 bits per heavy atom. The molecule has 0 saturated carbocycles. The number of rotatable bonds is 6. The van der Waals surface area contributed by atoms with Crippen LogP contribution < -0.4 is 11.1 Å². The van der Waals surface area contributed by atoms with E-state index in [0.29, 0.717) is 12.5 Å². The van der Waals surface area contributed by atoms with Crippen LogP contribution in [0.2, 0.25) is 0 Å². The van der Waals surface area contributed by atoms with Crippen molar-refractivity contribution < 1.29 is 9.53 Å². The van der Waals surface area contributed by atoms with Crippen molar-refractivity contribution >= 4 is 5.91 Å². The van der Waals surface area contributed by atoms with E-state index in [1.54, 1.807) is 4.68 Å². The summed E-state index contributed by atoms with van der Waals surface area (Å²) in [5.41, 5.74) is 7.52. The van der Waals surface area contributed by atoms with E-state index in [9.17, 15) is 4.79 Å². The summed E-state index contributed by atoms with van der Waals surface area (Å²) in [6.45, 7) is 1.39. The molecule has 6 nitrogen and oxygen atoms in total. The van der Waals surface area contributed by atoms with Gasteiger partial charge in [0, 0.05) is 37.9 Å². The van der Waals surface area contributed by atoms with Crippen LogP contribution in [0.3, 0.4) is 0 Å². The monoisotopic (exact) mass is 314 g/mol. The molecule has 0 radical (unpaired) electrons. The SMILES string of the molecule is Cn1cc([C@@H]2OCC[C@@H]2CN[C@H](C(N)=O)c2ccccc2)cn1. The van der Waals surface area contributed by atoms with Gasteiger partial charge in [-0.15, -0.1) is 0 Å². The Labute approximate surface area is 135 Å². The third-order valence-corrected chi connectivity index (χ3v) is 4.27. The molecule has 1 aliphatic heterocycles. The van der Waals surface area contributed by atoms with Gasteiger partial charge < -0.3 is 15.8 Å². The van der Waals surface area contributed by atoms with Gasteiger partial charge in [-0.3, -0.25) is 9.48 Å². The molecule has 1 saturated heterocycles. The number of nitrogens with zero attached hydrogens (tertiary/aromatic N) is 2. The summed E-state index contributed by atoms with van der Waals surface area (Å²) in [5.74, 6) is -0.0715. The lowest BCUT2D eigenvalue weighted by Crippen LogP contribution is -2.37. The number of benzene rings is 1. The first-order chi connectivity index (χ1) is 11.1. The smallest absolute Gasteiger partial charge is 0.239 e. The molecule has 0 bridgehead atoms. The Balaban J connectivity index is 1.67. The third-order valence-electron chi connectivity index (χ3n) is 4.27.